The summed E-state index contributed by atoms with van der Waals surface area (Å²) in [5.41, 5.74) is 0.589. The molecule has 1 N–H and O–H groups in total. The first-order chi connectivity index (χ1) is 10.1. The van der Waals surface area contributed by atoms with Crippen LogP contribution in [0.15, 0.2) is 30.3 Å². The number of hydrogen-bond donors (Lipinski definition) is 1. The number of aliphatic hydroxyl groups excluding tert-OH is 1. The van der Waals surface area contributed by atoms with Gasteiger partial charge in [0.15, 0.2) is 0 Å². The van der Waals surface area contributed by atoms with Crippen molar-refractivity contribution in [2.75, 3.05) is 13.2 Å². The van der Waals surface area contributed by atoms with Crippen molar-refractivity contribution in [2.24, 2.45) is 0 Å². The average Bonchev–Trinajstić information content (AvgIpc) is 2.52. The molecule has 0 aliphatic carbocycles. The maximum absolute atomic E-state index is 12.7. The quantitative estimate of drug-likeness (QED) is 0.856. The van der Waals surface area contributed by atoms with Crippen LogP contribution in [-0.2, 0) is 9.53 Å². The number of benzene rings is 1. The number of carbonyl (C=O) groups excluding carboxylic acids is 2. The molecule has 0 saturated carbocycles. The molecule has 1 heterocycles. The zero-order chi connectivity index (χ0) is 15.2. The molecule has 2 rings (SSSR count). The number of esters is 1. The Morgan fingerprint density at radius 2 is 1.90 bits per heavy atom. The Bertz CT molecular complexity index is 488. The van der Waals surface area contributed by atoms with Crippen molar-refractivity contribution in [1.29, 1.82) is 0 Å². The largest absolute Gasteiger partial charge is 0.464 e. The van der Waals surface area contributed by atoms with E-state index in [1.807, 2.05) is 18.2 Å². The van der Waals surface area contributed by atoms with Gasteiger partial charge in [-0.2, -0.15) is 0 Å². The summed E-state index contributed by atoms with van der Waals surface area (Å²) in [5.74, 6) is -0.472. The average molecular weight is 291 g/mol. The van der Waals surface area contributed by atoms with Crippen LogP contribution in [0.25, 0.3) is 0 Å². The lowest BCUT2D eigenvalue weighted by molar-refractivity contribution is -0.143. The summed E-state index contributed by atoms with van der Waals surface area (Å²) in [5, 5.41) is 9.55. The summed E-state index contributed by atoms with van der Waals surface area (Å²) in [4.78, 5) is 25.4. The third-order valence-electron chi connectivity index (χ3n) is 3.81. The Morgan fingerprint density at radius 3 is 2.52 bits per heavy atom. The monoisotopic (exact) mass is 291 g/mol. The Kier molecular flexibility index (Phi) is 5.33. The van der Waals surface area contributed by atoms with Gasteiger partial charge >= 0.3 is 5.97 Å². The zero-order valence-electron chi connectivity index (χ0n) is 12.2. The van der Waals surface area contributed by atoms with Crippen LogP contribution in [0.2, 0.25) is 0 Å². The number of rotatable bonds is 4. The predicted octanol–water partition coefficient (Wildman–Crippen LogP) is 1.61. The summed E-state index contributed by atoms with van der Waals surface area (Å²) in [7, 11) is 0. The van der Waals surface area contributed by atoms with Crippen molar-refractivity contribution in [3.05, 3.63) is 35.9 Å². The molecular weight excluding hydrogens is 270 g/mol. The van der Waals surface area contributed by atoms with Crippen LogP contribution in [0.5, 0.6) is 0 Å². The van der Waals surface area contributed by atoms with E-state index >= 15 is 0 Å². The first-order valence-corrected chi connectivity index (χ1v) is 7.25. The van der Waals surface area contributed by atoms with E-state index in [0.717, 1.165) is 19.3 Å². The predicted molar refractivity (Wildman–Crippen MR) is 77.8 cm³/mol. The lowest BCUT2D eigenvalue weighted by Gasteiger charge is -2.41. The number of nitrogens with zero attached hydrogens (tertiary/aromatic N) is 1. The van der Waals surface area contributed by atoms with E-state index in [4.69, 9.17) is 4.74 Å². The topological polar surface area (TPSA) is 66.8 Å². The fourth-order valence-corrected chi connectivity index (χ4v) is 2.78. The standard InChI is InChI=1S/C16H21NO4/c1-12(19)21-11-15-9-5-8-14(10-18)17(15)16(20)13-6-3-2-4-7-13/h2-4,6-7,14-15,18H,5,8-11H2,1H3/t14-,15+/m0/s1. The van der Waals surface area contributed by atoms with Gasteiger partial charge in [-0.25, -0.2) is 0 Å². The van der Waals surface area contributed by atoms with Gasteiger partial charge in [-0.05, 0) is 31.4 Å². The van der Waals surface area contributed by atoms with Gasteiger partial charge in [-0.3, -0.25) is 9.59 Å². The molecule has 1 fully saturated rings. The van der Waals surface area contributed by atoms with Crippen LogP contribution in [0.1, 0.15) is 36.5 Å². The van der Waals surface area contributed by atoms with E-state index in [2.05, 4.69) is 0 Å². The number of amides is 1. The summed E-state index contributed by atoms with van der Waals surface area (Å²) < 4.78 is 5.08. The molecule has 1 aliphatic heterocycles. The van der Waals surface area contributed by atoms with Crippen molar-refractivity contribution in [3.63, 3.8) is 0 Å². The minimum absolute atomic E-state index is 0.0743. The van der Waals surface area contributed by atoms with E-state index in [9.17, 15) is 14.7 Å². The summed E-state index contributed by atoms with van der Waals surface area (Å²) in [6, 6.07) is 8.60. The second-order valence-corrected chi connectivity index (χ2v) is 5.30. The van der Waals surface area contributed by atoms with Crippen LogP contribution < -0.4 is 0 Å². The minimum atomic E-state index is -0.353. The van der Waals surface area contributed by atoms with Gasteiger partial charge in [0.25, 0.3) is 5.91 Å². The number of likely N-dealkylation sites (tertiary alicyclic amines) is 1. The highest BCUT2D eigenvalue weighted by Gasteiger charge is 2.34. The smallest absolute Gasteiger partial charge is 0.302 e. The lowest BCUT2D eigenvalue weighted by atomic mass is 9.95. The van der Waals surface area contributed by atoms with E-state index in [1.54, 1.807) is 17.0 Å². The molecule has 1 amide bonds. The number of ether oxygens (including phenoxy) is 1. The molecule has 114 valence electrons. The molecule has 1 aliphatic rings. The molecule has 2 atom stereocenters. The molecule has 1 saturated heterocycles. The van der Waals surface area contributed by atoms with Crippen LogP contribution in [0, 0.1) is 0 Å². The Morgan fingerprint density at radius 1 is 1.24 bits per heavy atom. The highest BCUT2D eigenvalue weighted by molar-refractivity contribution is 5.94. The molecule has 5 heteroatoms. The first kappa shape index (κ1) is 15.5. The van der Waals surface area contributed by atoms with Crippen molar-refractivity contribution in [3.8, 4) is 0 Å². The van der Waals surface area contributed by atoms with Gasteiger partial charge < -0.3 is 14.7 Å². The molecule has 1 aromatic carbocycles. The van der Waals surface area contributed by atoms with Crippen LogP contribution in [0.3, 0.4) is 0 Å². The summed E-state index contributed by atoms with van der Waals surface area (Å²) >= 11 is 0. The SMILES string of the molecule is CC(=O)OC[C@H]1CCC[C@@H](CO)N1C(=O)c1ccccc1. The van der Waals surface area contributed by atoms with E-state index in [1.165, 1.54) is 6.92 Å². The Labute approximate surface area is 124 Å². The fourth-order valence-electron chi connectivity index (χ4n) is 2.78. The highest BCUT2D eigenvalue weighted by Crippen LogP contribution is 2.25. The van der Waals surface area contributed by atoms with E-state index < -0.39 is 0 Å². The van der Waals surface area contributed by atoms with Gasteiger partial charge in [0, 0.05) is 12.5 Å². The fraction of sp³-hybridized carbons (Fsp3) is 0.500. The number of carbonyl (C=O) groups is 2. The minimum Gasteiger partial charge on any atom is -0.464 e. The summed E-state index contributed by atoms with van der Waals surface area (Å²) in [6.45, 7) is 1.47. The molecule has 5 nitrogen and oxygen atoms in total. The molecular formula is C16H21NO4. The van der Waals surface area contributed by atoms with Gasteiger partial charge in [0.1, 0.15) is 6.61 Å². The van der Waals surface area contributed by atoms with Crippen molar-refractivity contribution in [2.45, 2.75) is 38.3 Å². The van der Waals surface area contributed by atoms with Crippen molar-refractivity contribution in [1.82, 2.24) is 4.90 Å². The van der Waals surface area contributed by atoms with Gasteiger partial charge in [0.2, 0.25) is 0 Å². The molecule has 21 heavy (non-hydrogen) atoms. The second kappa shape index (κ2) is 7.22. The third kappa shape index (κ3) is 3.82. The Hall–Kier alpha value is -1.88. The maximum Gasteiger partial charge on any atom is 0.302 e. The normalized spacial score (nSPS) is 21.9. The molecule has 0 unspecified atom stereocenters. The number of aliphatic hydroxyl groups is 1. The Balaban J connectivity index is 2.19. The van der Waals surface area contributed by atoms with Gasteiger partial charge in [-0.15, -0.1) is 0 Å². The number of hydrogen-bond acceptors (Lipinski definition) is 4. The molecule has 0 spiro atoms. The van der Waals surface area contributed by atoms with Gasteiger partial charge in [0.05, 0.1) is 18.7 Å². The van der Waals surface area contributed by atoms with E-state index in [-0.39, 0.29) is 37.2 Å². The molecule has 0 radical (unpaired) electrons. The third-order valence-corrected chi connectivity index (χ3v) is 3.81. The zero-order valence-corrected chi connectivity index (χ0v) is 12.2. The first-order valence-electron chi connectivity index (χ1n) is 7.25. The van der Waals surface area contributed by atoms with Crippen molar-refractivity contribution < 1.29 is 19.4 Å². The van der Waals surface area contributed by atoms with Crippen LogP contribution in [0.4, 0.5) is 0 Å². The van der Waals surface area contributed by atoms with Crippen LogP contribution in [-0.4, -0.2) is 47.2 Å². The van der Waals surface area contributed by atoms with Crippen LogP contribution >= 0.6 is 0 Å². The van der Waals surface area contributed by atoms with Crippen molar-refractivity contribution >= 4 is 11.9 Å². The lowest BCUT2D eigenvalue weighted by Crippen LogP contribution is -2.53. The summed E-state index contributed by atoms with van der Waals surface area (Å²) in [6.07, 6.45) is 2.46. The number of piperidine rings is 1. The highest BCUT2D eigenvalue weighted by atomic mass is 16.5. The van der Waals surface area contributed by atoms with Gasteiger partial charge in [-0.1, -0.05) is 18.2 Å². The molecule has 0 bridgehead atoms. The molecule has 1 aromatic rings. The second-order valence-electron chi connectivity index (χ2n) is 5.30. The molecule has 0 aromatic heterocycles. The maximum atomic E-state index is 12.7. The van der Waals surface area contributed by atoms with E-state index in [0.29, 0.717) is 5.56 Å².